The highest BCUT2D eigenvalue weighted by atomic mass is 14.8. The SMILES string of the molecule is CCCCN=C1CCC=NC1. The molecule has 0 fully saturated rings. The van der Waals surface area contributed by atoms with Crippen LogP contribution in [0.15, 0.2) is 9.98 Å². The lowest BCUT2D eigenvalue weighted by Gasteiger charge is -2.05. The van der Waals surface area contributed by atoms with E-state index in [0.717, 1.165) is 25.9 Å². The zero-order chi connectivity index (χ0) is 7.94. The predicted octanol–water partition coefficient (Wildman–Crippen LogP) is 2.09. The van der Waals surface area contributed by atoms with E-state index in [0.29, 0.717) is 0 Å². The van der Waals surface area contributed by atoms with Crippen LogP contribution >= 0.6 is 0 Å². The summed E-state index contributed by atoms with van der Waals surface area (Å²) in [5.74, 6) is 0. The number of nitrogens with zero attached hydrogens (tertiary/aromatic N) is 2. The molecule has 0 N–H and O–H groups in total. The van der Waals surface area contributed by atoms with E-state index in [2.05, 4.69) is 16.9 Å². The van der Waals surface area contributed by atoms with Crippen LogP contribution in [0.4, 0.5) is 0 Å². The van der Waals surface area contributed by atoms with Gasteiger partial charge in [-0.1, -0.05) is 13.3 Å². The maximum atomic E-state index is 4.48. The second-order valence-electron chi connectivity index (χ2n) is 2.86. The van der Waals surface area contributed by atoms with Gasteiger partial charge in [0.15, 0.2) is 0 Å². The monoisotopic (exact) mass is 152 g/mol. The van der Waals surface area contributed by atoms with Crippen LogP contribution in [-0.4, -0.2) is 25.0 Å². The van der Waals surface area contributed by atoms with Gasteiger partial charge in [0, 0.05) is 12.3 Å². The van der Waals surface area contributed by atoms with E-state index in [1.165, 1.54) is 18.6 Å². The highest BCUT2D eigenvalue weighted by Crippen LogP contribution is 1.99. The molecule has 0 aromatic heterocycles. The Balaban J connectivity index is 2.22. The van der Waals surface area contributed by atoms with E-state index in [1.807, 2.05) is 6.21 Å². The lowest BCUT2D eigenvalue weighted by atomic mass is 10.2. The fourth-order valence-corrected chi connectivity index (χ4v) is 1.10. The zero-order valence-electron chi connectivity index (χ0n) is 7.21. The van der Waals surface area contributed by atoms with Gasteiger partial charge in [-0.2, -0.15) is 0 Å². The third kappa shape index (κ3) is 3.30. The van der Waals surface area contributed by atoms with Gasteiger partial charge in [-0.3, -0.25) is 9.98 Å². The van der Waals surface area contributed by atoms with Crippen LogP contribution in [0, 0.1) is 0 Å². The normalized spacial score (nSPS) is 21.0. The predicted molar refractivity (Wildman–Crippen MR) is 49.8 cm³/mol. The van der Waals surface area contributed by atoms with Gasteiger partial charge in [0.2, 0.25) is 0 Å². The third-order valence-corrected chi connectivity index (χ3v) is 1.81. The molecule has 0 amide bonds. The molecule has 0 saturated carbocycles. The molecule has 1 aliphatic heterocycles. The maximum absolute atomic E-state index is 4.48. The first-order valence-corrected chi connectivity index (χ1v) is 4.44. The smallest absolute Gasteiger partial charge is 0.0764 e. The summed E-state index contributed by atoms with van der Waals surface area (Å²) in [5, 5.41) is 0. The van der Waals surface area contributed by atoms with E-state index in [1.54, 1.807) is 0 Å². The molecule has 0 saturated heterocycles. The average molecular weight is 152 g/mol. The molecule has 2 heteroatoms. The molecule has 0 spiro atoms. The Hall–Kier alpha value is -0.660. The molecule has 2 nitrogen and oxygen atoms in total. The van der Waals surface area contributed by atoms with Crippen LogP contribution in [0.5, 0.6) is 0 Å². The van der Waals surface area contributed by atoms with Crippen molar-refractivity contribution in [1.82, 2.24) is 0 Å². The molecular weight excluding hydrogens is 136 g/mol. The van der Waals surface area contributed by atoms with Gasteiger partial charge in [-0.25, -0.2) is 0 Å². The number of hydrogen-bond donors (Lipinski definition) is 0. The average Bonchev–Trinajstić information content (AvgIpc) is 2.07. The highest BCUT2D eigenvalue weighted by molar-refractivity contribution is 5.91. The lowest BCUT2D eigenvalue weighted by molar-refractivity contribution is 0.802. The van der Waals surface area contributed by atoms with Crippen molar-refractivity contribution in [1.29, 1.82) is 0 Å². The third-order valence-electron chi connectivity index (χ3n) is 1.81. The van der Waals surface area contributed by atoms with Crippen LogP contribution < -0.4 is 0 Å². The van der Waals surface area contributed by atoms with Crippen molar-refractivity contribution in [3.8, 4) is 0 Å². The summed E-state index contributed by atoms with van der Waals surface area (Å²) in [4.78, 5) is 8.66. The van der Waals surface area contributed by atoms with Gasteiger partial charge >= 0.3 is 0 Å². The van der Waals surface area contributed by atoms with Crippen molar-refractivity contribution in [2.24, 2.45) is 9.98 Å². The zero-order valence-corrected chi connectivity index (χ0v) is 7.21. The molecule has 0 aliphatic carbocycles. The highest BCUT2D eigenvalue weighted by Gasteiger charge is 2.00. The Morgan fingerprint density at radius 3 is 3.18 bits per heavy atom. The molecular formula is C9H16N2. The Morgan fingerprint density at radius 1 is 1.64 bits per heavy atom. The van der Waals surface area contributed by atoms with Crippen molar-refractivity contribution >= 4 is 11.9 Å². The first kappa shape index (κ1) is 8.44. The molecule has 11 heavy (non-hydrogen) atoms. The number of hydrogen-bond acceptors (Lipinski definition) is 2. The van der Waals surface area contributed by atoms with E-state index in [9.17, 15) is 0 Å². The van der Waals surface area contributed by atoms with Crippen molar-refractivity contribution in [2.75, 3.05) is 13.1 Å². The maximum Gasteiger partial charge on any atom is 0.0764 e. The Bertz CT molecular complexity index is 159. The van der Waals surface area contributed by atoms with E-state index in [4.69, 9.17) is 0 Å². The second-order valence-corrected chi connectivity index (χ2v) is 2.86. The van der Waals surface area contributed by atoms with Gasteiger partial charge in [-0.15, -0.1) is 0 Å². The second kappa shape index (κ2) is 5.05. The fraction of sp³-hybridized carbons (Fsp3) is 0.778. The number of unbranched alkanes of at least 4 members (excludes halogenated alkanes) is 1. The minimum Gasteiger partial charge on any atom is -0.292 e. The van der Waals surface area contributed by atoms with Crippen molar-refractivity contribution in [2.45, 2.75) is 32.6 Å². The van der Waals surface area contributed by atoms with Gasteiger partial charge in [0.25, 0.3) is 0 Å². The summed E-state index contributed by atoms with van der Waals surface area (Å²) in [5.41, 5.74) is 1.29. The molecule has 0 bridgehead atoms. The molecule has 0 aromatic rings. The minimum atomic E-state index is 0.851. The Morgan fingerprint density at radius 2 is 2.55 bits per heavy atom. The Labute approximate surface area is 68.4 Å². The summed E-state index contributed by atoms with van der Waals surface area (Å²) in [6.45, 7) is 4.05. The Kier molecular flexibility index (Phi) is 3.87. The summed E-state index contributed by atoms with van der Waals surface area (Å²) in [6, 6.07) is 0. The van der Waals surface area contributed by atoms with E-state index in [-0.39, 0.29) is 0 Å². The van der Waals surface area contributed by atoms with Crippen molar-refractivity contribution < 1.29 is 0 Å². The summed E-state index contributed by atoms with van der Waals surface area (Å²) >= 11 is 0. The quantitative estimate of drug-likeness (QED) is 0.553. The summed E-state index contributed by atoms with van der Waals surface area (Å²) in [7, 11) is 0. The van der Waals surface area contributed by atoms with Crippen LogP contribution in [0.1, 0.15) is 32.6 Å². The van der Waals surface area contributed by atoms with Gasteiger partial charge in [-0.05, 0) is 25.5 Å². The van der Waals surface area contributed by atoms with E-state index >= 15 is 0 Å². The largest absolute Gasteiger partial charge is 0.292 e. The van der Waals surface area contributed by atoms with E-state index < -0.39 is 0 Å². The standard InChI is InChI=1S/C9H16N2/c1-2-3-7-11-9-5-4-6-10-8-9/h6H,2-5,7-8H2,1H3. The molecule has 0 unspecified atom stereocenters. The van der Waals surface area contributed by atoms with Gasteiger partial charge in [0.05, 0.1) is 6.54 Å². The van der Waals surface area contributed by atoms with Gasteiger partial charge < -0.3 is 0 Å². The first-order chi connectivity index (χ1) is 5.43. The fourth-order valence-electron chi connectivity index (χ4n) is 1.10. The van der Waals surface area contributed by atoms with Crippen LogP contribution in [0.25, 0.3) is 0 Å². The number of aliphatic imine (C=N–C) groups is 2. The van der Waals surface area contributed by atoms with Crippen LogP contribution in [-0.2, 0) is 0 Å². The lowest BCUT2D eigenvalue weighted by Crippen LogP contribution is -2.09. The minimum absolute atomic E-state index is 0.851. The molecule has 0 aromatic carbocycles. The summed E-state index contributed by atoms with van der Waals surface area (Å²) in [6.07, 6.45) is 6.67. The molecule has 1 rings (SSSR count). The molecule has 0 radical (unpaired) electrons. The molecule has 1 heterocycles. The first-order valence-electron chi connectivity index (χ1n) is 4.44. The molecule has 1 aliphatic rings. The van der Waals surface area contributed by atoms with Crippen LogP contribution in [0.2, 0.25) is 0 Å². The topological polar surface area (TPSA) is 24.7 Å². The van der Waals surface area contributed by atoms with Gasteiger partial charge in [0.1, 0.15) is 0 Å². The van der Waals surface area contributed by atoms with Crippen molar-refractivity contribution in [3.05, 3.63) is 0 Å². The number of rotatable bonds is 3. The molecule has 62 valence electrons. The molecule has 0 atom stereocenters. The van der Waals surface area contributed by atoms with Crippen LogP contribution in [0.3, 0.4) is 0 Å². The summed E-state index contributed by atoms with van der Waals surface area (Å²) < 4.78 is 0. The van der Waals surface area contributed by atoms with Crippen molar-refractivity contribution in [3.63, 3.8) is 0 Å².